The summed E-state index contributed by atoms with van der Waals surface area (Å²) in [6.45, 7) is 6.34. The summed E-state index contributed by atoms with van der Waals surface area (Å²) in [6.07, 6.45) is 7.49. The lowest BCUT2D eigenvalue weighted by Gasteiger charge is -2.30. The van der Waals surface area contributed by atoms with E-state index in [4.69, 9.17) is 4.98 Å². The van der Waals surface area contributed by atoms with E-state index < -0.39 is 0 Å². The van der Waals surface area contributed by atoms with Crippen LogP contribution in [0.5, 0.6) is 0 Å². The van der Waals surface area contributed by atoms with Crippen molar-refractivity contribution in [1.29, 1.82) is 0 Å². The van der Waals surface area contributed by atoms with Crippen molar-refractivity contribution in [2.24, 2.45) is 11.8 Å². The maximum Gasteiger partial charge on any atom is 0.233 e. The zero-order valence-corrected chi connectivity index (χ0v) is 18.0. The summed E-state index contributed by atoms with van der Waals surface area (Å²) in [7, 11) is 0. The molecule has 1 amide bonds. The molecule has 1 atom stereocenters. The lowest BCUT2D eigenvalue weighted by molar-refractivity contribution is -0.129. The number of thiophene rings is 1. The van der Waals surface area contributed by atoms with Gasteiger partial charge < -0.3 is 4.90 Å². The molecule has 8 heteroatoms. The molecule has 0 saturated carbocycles. The summed E-state index contributed by atoms with van der Waals surface area (Å²) in [5.41, 5.74) is 2.30. The number of thioether (sulfide) groups is 1. The molecule has 2 aliphatic rings. The fourth-order valence-electron chi connectivity index (χ4n) is 4.29. The summed E-state index contributed by atoms with van der Waals surface area (Å²) in [5, 5.41) is 10.8. The molecule has 1 aliphatic heterocycles. The molecule has 3 aromatic rings. The normalized spacial score (nSPS) is 20.8. The Labute approximate surface area is 172 Å². The van der Waals surface area contributed by atoms with Gasteiger partial charge in [-0.15, -0.1) is 21.5 Å². The van der Waals surface area contributed by atoms with Gasteiger partial charge in [0.1, 0.15) is 11.2 Å². The van der Waals surface area contributed by atoms with E-state index in [-0.39, 0.29) is 5.91 Å². The minimum absolute atomic E-state index is 0.199. The number of hydrogen-bond donors (Lipinski definition) is 0. The van der Waals surface area contributed by atoms with Crippen LogP contribution in [-0.4, -0.2) is 49.2 Å². The Balaban J connectivity index is 1.39. The van der Waals surface area contributed by atoms with E-state index in [0.29, 0.717) is 5.75 Å². The smallest absolute Gasteiger partial charge is 0.233 e. The van der Waals surface area contributed by atoms with Crippen LogP contribution >= 0.6 is 23.1 Å². The van der Waals surface area contributed by atoms with Crippen LogP contribution in [0.3, 0.4) is 0 Å². The van der Waals surface area contributed by atoms with E-state index in [1.807, 2.05) is 15.6 Å². The first-order valence-corrected chi connectivity index (χ1v) is 11.9. The maximum absolute atomic E-state index is 12.6. The van der Waals surface area contributed by atoms with Crippen molar-refractivity contribution in [3.8, 4) is 0 Å². The predicted octanol–water partition coefficient (Wildman–Crippen LogP) is 3.81. The summed E-state index contributed by atoms with van der Waals surface area (Å²) in [4.78, 5) is 21.8. The Morgan fingerprint density at radius 3 is 2.86 bits per heavy atom. The van der Waals surface area contributed by atoms with Gasteiger partial charge in [-0.25, -0.2) is 4.98 Å². The zero-order valence-electron chi connectivity index (χ0n) is 16.3. The molecule has 5 rings (SSSR count). The maximum atomic E-state index is 12.6. The van der Waals surface area contributed by atoms with Gasteiger partial charge in [0.05, 0.1) is 11.1 Å². The minimum atomic E-state index is 0.199. The summed E-state index contributed by atoms with van der Waals surface area (Å²) >= 11 is 3.27. The van der Waals surface area contributed by atoms with Gasteiger partial charge in [-0.3, -0.25) is 9.20 Å². The Hall–Kier alpha value is -1.67. The Bertz CT molecular complexity index is 1030. The number of hydrogen-bond acceptors (Lipinski definition) is 6. The van der Waals surface area contributed by atoms with E-state index >= 15 is 0 Å². The number of aromatic nitrogens is 4. The number of amides is 1. The average molecular weight is 416 g/mol. The minimum Gasteiger partial charge on any atom is -0.342 e. The van der Waals surface area contributed by atoms with Crippen LogP contribution in [0.4, 0.5) is 0 Å². The molecule has 1 unspecified atom stereocenters. The van der Waals surface area contributed by atoms with Crippen molar-refractivity contribution in [2.45, 2.75) is 51.1 Å². The molecule has 1 fully saturated rings. The second-order valence-corrected chi connectivity index (χ2v) is 10.3. The van der Waals surface area contributed by atoms with E-state index in [2.05, 4.69) is 24.0 Å². The number of carbonyl (C=O) groups excluding carboxylic acids is 1. The van der Waals surface area contributed by atoms with E-state index in [1.165, 1.54) is 34.0 Å². The summed E-state index contributed by atoms with van der Waals surface area (Å²) in [5.74, 6) is 2.08. The van der Waals surface area contributed by atoms with Gasteiger partial charge in [-0.05, 0) is 49.5 Å². The second kappa shape index (κ2) is 7.30. The van der Waals surface area contributed by atoms with Gasteiger partial charge in [0.15, 0.2) is 10.8 Å². The molecule has 3 aromatic heterocycles. The highest BCUT2D eigenvalue weighted by atomic mass is 32.2. The van der Waals surface area contributed by atoms with E-state index in [0.717, 1.165) is 66.2 Å². The lowest BCUT2D eigenvalue weighted by Crippen LogP contribution is -2.38. The topological polar surface area (TPSA) is 63.4 Å². The molecule has 1 aliphatic carbocycles. The summed E-state index contributed by atoms with van der Waals surface area (Å²) < 4.78 is 1.96. The number of rotatable bonds is 3. The van der Waals surface area contributed by atoms with Crippen molar-refractivity contribution < 1.29 is 4.79 Å². The zero-order chi connectivity index (χ0) is 19.3. The molecule has 28 heavy (non-hydrogen) atoms. The molecular weight excluding hydrogens is 390 g/mol. The van der Waals surface area contributed by atoms with Crippen LogP contribution in [0.2, 0.25) is 0 Å². The fourth-order valence-corrected chi connectivity index (χ4v) is 6.45. The first-order chi connectivity index (χ1) is 13.6. The first-order valence-electron chi connectivity index (χ1n) is 10.1. The third-order valence-corrected chi connectivity index (χ3v) is 8.22. The largest absolute Gasteiger partial charge is 0.342 e. The molecule has 1 saturated heterocycles. The Morgan fingerprint density at radius 2 is 2.04 bits per heavy atom. The molecule has 0 bridgehead atoms. The van der Waals surface area contributed by atoms with Gasteiger partial charge in [0, 0.05) is 18.0 Å². The van der Waals surface area contributed by atoms with Crippen LogP contribution in [0.15, 0.2) is 11.5 Å². The molecule has 0 radical (unpaired) electrons. The van der Waals surface area contributed by atoms with Crippen molar-refractivity contribution in [1.82, 2.24) is 24.5 Å². The highest BCUT2D eigenvalue weighted by Gasteiger charge is 2.25. The van der Waals surface area contributed by atoms with Gasteiger partial charge in [-0.1, -0.05) is 25.6 Å². The highest BCUT2D eigenvalue weighted by Crippen LogP contribution is 2.39. The Morgan fingerprint density at radius 1 is 1.21 bits per heavy atom. The quantitative estimate of drug-likeness (QED) is 0.609. The Kier molecular flexibility index (Phi) is 4.79. The number of likely N-dealkylation sites (tertiary alicyclic amines) is 1. The first kappa shape index (κ1) is 18.4. The van der Waals surface area contributed by atoms with Crippen LogP contribution in [0.1, 0.15) is 43.6 Å². The number of piperidine rings is 1. The van der Waals surface area contributed by atoms with Crippen LogP contribution in [0, 0.1) is 11.8 Å². The second-order valence-electron chi connectivity index (χ2n) is 8.30. The monoisotopic (exact) mass is 415 g/mol. The van der Waals surface area contributed by atoms with E-state index in [1.54, 1.807) is 11.3 Å². The standard InChI is InChI=1S/C20H25N5OS2/c1-12-5-7-24(8-6-12)16(26)10-27-20-23-22-18-17-14-4-3-13(2)9-15(14)28-19(17)21-11-25(18)20/h11-13H,3-10H2,1-2H3. The van der Waals surface area contributed by atoms with Crippen molar-refractivity contribution in [2.75, 3.05) is 18.8 Å². The molecule has 4 heterocycles. The van der Waals surface area contributed by atoms with Crippen LogP contribution in [-0.2, 0) is 17.6 Å². The van der Waals surface area contributed by atoms with Crippen molar-refractivity contribution >= 4 is 44.9 Å². The third-order valence-electron chi connectivity index (χ3n) is 6.13. The number of fused-ring (bicyclic) bond motifs is 5. The number of aryl methyl sites for hydroxylation is 1. The van der Waals surface area contributed by atoms with E-state index in [9.17, 15) is 4.79 Å². The van der Waals surface area contributed by atoms with Crippen molar-refractivity contribution in [3.05, 3.63) is 16.8 Å². The number of nitrogens with zero attached hydrogens (tertiary/aromatic N) is 5. The summed E-state index contributed by atoms with van der Waals surface area (Å²) in [6, 6.07) is 0. The molecule has 0 N–H and O–H groups in total. The molecule has 0 aromatic carbocycles. The van der Waals surface area contributed by atoms with Crippen LogP contribution in [0.25, 0.3) is 15.9 Å². The average Bonchev–Trinajstić information content (AvgIpc) is 3.26. The third kappa shape index (κ3) is 3.20. The van der Waals surface area contributed by atoms with Crippen molar-refractivity contribution in [3.63, 3.8) is 0 Å². The molecule has 0 spiro atoms. The number of carbonyl (C=O) groups is 1. The molecule has 6 nitrogen and oxygen atoms in total. The van der Waals surface area contributed by atoms with Gasteiger partial charge in [0.25, 0.3) is 0 Å². The van der Waals surface area contributed by atoms with Gasteiger partial charge in [0.2, 0.25) is 5.91 Å². The predicted molar refractivity (Wildman–Crippen MR) is 113 cm³/mol. The van der Waals surface area contributed by atoms with Crippen LogP contribution < -0.4 is 0 Å². The SMILES string of the molecule is CC1CCN(C(=O)CSc2nnc3c4c5c(sc4ncn23)CC(C)CC5)CC1. The molecule has 148 valence electrons. The molecular formula is C20H25N5OS2. The lowest BCUT2D eigenvalue weighted by atomic mass is 9.89. The van der Waals surface area contributed by atoms with Gasteiger partial charge in [-0.2, -0.15) is 0 Å². The van der Waals surface area contributed by atoms with Gasteiger partial charge >= 0.3 is 0 Å². The highest BCUT2D eigenvalue weighted by molar-refractivity contribution is 7.99. The fraction of sp³-hybridized carbons (Fsp3) is 0.600.